The van der Waals surface area contributed by atoms with Gasteiger partial charge in [-0.2, -0.15) is 0 Å². The standard InChI is InChI=1S/C12H20N2O6/c1-7(16)13-11-10(18)3-8(12(19)20-2)4-14(11)5-9(17)6-15/h3,9-11,15,17-18H,4-6H2,1-2H3,(H,13,16)/t9-,10-,11-/m0/s1. The van der Waals surface area contributed by atoms with Crippen LogP contribution in [0.1, 0.15) is 6.92 Å². The van der Waals surface area contributed by atoms with Crippen molar-refractivity contribution in [1.29, 1.82) is 0 Å². The van der Waals surface area contributed by atoms with Gasteiger partial charge in [-0.05, 0) is 6.08 Å². The first-order chi connectivity index (χ1) is 9.38. The Morgan fingerprint density at radius 2 is 2.25 bits per heavy atom. The van der Waals surface area contributed by atoms with Crippen molar-refractivity contribution in [2.75, 3.05) is 26.8 Å². The molecule has 0 bridgehead atoms. The van der Waals surface area contributed by atoms with Crippen LogP contribution in [-0.2, 0) is 14.3 Å². The van der Waals surface area contributed by atoms with Gasteiger partial charge < -0.3 is 25.4 Å². The van der Waals surface area contributed by atoms with Crippen LogP contribution in [0, 0.1) is 0 Å². The third kappa shape index (κ3) is 4.27. The van der Waals surface area contributed by atoms with E-state index in [1.807, 2.05) is 0 Å². The average Bonchev–Trinajstić information content (AvgIpc) is 2.40. The summed E-state index contributed by atoms with van der Waals surface area (Å²) in [6.07, 6.45) is -1.63. The van der Waals surface area contributed by atoms with Crippen LogP contribution in [0.3, 0.4) is 0 Å². The Bertz CT molecular complexity index is 397. The Hall–Kier alpha value is -1.48. The summed E-state index contributed by atoms with van der Waals surface area (Å²) >= 11 is 0. The lowest BCUT2D eigenvalue weighted by Crippen LogP contribution is -2.59. The Labute approximate surface area is 116 Å². The summed E-state index contributed by atoms with van der Waals surface area (Å²) in [5.41, 5.74) is 0.228. The van der Waals surface area contributed by atoms with Gasteiger partial charge in [0.1, 0.15) is 12.3 Å². The SMILES string of the molecule is COC(=O)C1=C[C@H](O)[C@@H](NC(C)=O)N(C[C@H](O)CO)C1. The fourth-order valence-corrected chi connectivity index (χ4v) is 2.04. The number of nitrogens with zero attached hydrogens (tertiary/aromatic N) is 1. The molecule has 0 aromatic heterocycles. The van der Waals surface area contributed by atoms with Crippen molar-refractivity contribution in [2.45, 2.75) is 25.3 Å². The van der Waals surface area contributed by atoms with E-state index in [0.717, 1.165) is 0 Å². The highest BCUT2D eigenvalue weighted by Gasteiger charge is 2.34. The lowest BCUT2D eigenvalue weighted by molar-refractivity contribution is -0.137. The maximum absolute atomic E-state index is 11.5. The third-order valence-corrected chi connectivity index (χ3v) is 2.92. The van der Waals surface area contributed by atoms with Crippen LogP contribution in [-0.4, -0.2) is 77.3 Å². The highest BCUT2D eigenvalue weighted by molar-refractivity contribution is 5.89. The lowest BCUT2D eigenvalue weighted by Gasteiger charge is -2.38. The van der Waals surface area contributed by atoms with Crippen LogP contribution < -0.4 is 5.32 Å². The number of aliphatic hydroxyl groups excluding tert-OH is 3. The molecular formula is C12H20N2O6. The first-order valence-corrected chi connectivity index (χ1v) is 6.16. The maximum Gasteiger partial charge on any atom is 0.334 e. The third-order valence-electron chi connectivity index (χ3n) is 2.92. The molecule has 1 aliphatic rings. The predicted octanol–water partition coefficient (Wildman–Crippen LogP) is -2.42. The van der Waals surface area contributed by atoms with Crippen LogP contribution in [0.25, 0.3) is 0 Å². The molecule has 0 saturated carbocycles. The summed E-state index contributed by atoms with van der Waals surface area (Å²) in [5.74, 6) is -0.943. The first-order valence-electron chi connectivity index (χ1n) is 6.16. The second-order valence-electron chi connectivity index (χ2n) is 4.59. The van der Waals surface area contributed by atoms with Gasteiger partial charge in [0.2, 0.25) is 5.91 Å². The summed E-state index contributed by atoms with van der Waals surface area (Å²) in [6, 6.07) is 0. The Kier molecular flexibility index (Phi) is 6.08. The number of ether oxygens (including phenoxy) is 1. The van der Waals surface area contributed by atoms with Crippen LogP contribution >= 0.6 is 0 Å². The number of methoxy groups -OCH3 is 1. The van der Waals surface area contributed by atoms with Gasteiger partial charge in [-0.3, -0.25) is 9.69 Å². The minimum atomic E-state index is -1.12. The quantitative estimate of drug-likeness (QED) is 0.416. The van der Waals surface area contributed by atoms with Gasteiger partial charge in [0.05, 0.1) is 19.8 Å². The van der Waals surface area contributed by atoms with Gasteiger partial charge >= 0.3 is 5.97 Å². The molecule has 20 heavy (non-hydrogen) atoms. The van der Waals surface area contributed by atoms with Crippen LogP contribution in [0.2, 0.25) is 0 Å². The zero-order valence-electron chi connectivity index (χ0n) is 11.4. The van der Waals surface area contributed by atoms with E-state index >= 15 is 0 Å². The Balaban J connectivity index is 2.92. The number of carbonyl (C=O) groups is 2. The molecule has 0 unspecified atom stereocenters. The zero-order chi connectivity index (χ0) is 15.3. The van der Waals surface area contributed by atoms with Crippen molar-refractivity contribution < 1.29 is 29.6 Å². The second-order valence-corrected chi connectivity index (χ2v) is 4.59. The van der Waals surface area contributed by atoms with Gasteiger partial charge in [-0.25, -0.2) is 4.79 Å². The number of carbonyl (C=O) groups excluding carboxylic acids is 2. The van der Waals surface area contributed by atoms with E-state index in [0.29, 0.717) is 0 Å². The molecule has 1 aliphatic heterocycles. The maximum atomic E-state index is 11.5. The molecule has 114 valence electrons. The highest BCUT2D eigenvalue weighted by Crippen LogP contribution is 2.17. The summed E-state index contributed by atoms with van der Waals surface area (Å²) in [5, 5.41) is 30.9. The van der Waals surface area contributed by atoms with E-state index in [1.54, 1.807) is 0 Å². The molecule has 1 heterocycles. The summed E-state index contributed by atoms with van der Waals surface area (Å²) in [7, 11) is 1.22. The average molecular weight is 288 g/mol. The molecular weight excluding hydrogens is 268 g/mol. The largest absolute Gasteiger partial charge is 0.466 e. The topological polar surface area (TPSA) is 119 Å². The number of aliphatic hydroxyl groups is 3. The second kappa shape index (κ2) is 7.34. The van der Waals surface area contributed by atoms with E-state index in [-0.39, 0.29) is 24.6 Å². The fourth-order valence-electron chi connectivity index (χ4n) is 2.04. The Morgan fingerprint density at radius 3 is 2.75 bits per heavy atom. The van der Waals surface area contributed by atoms with E-state index < -0.39 is 30.9 Å². The van der Waals surface area contributed by atoms with E-state index in [1.165, 1.54) is 25.0 Å². The molecule has 0 aliphatic carbocycles. The molecule has 0 aromatic carbocycles. The number of hydrogen-bond donors (Lipinski definition) is 4. The molecule has 0 spiro atoms. The molecule has 1 rings (SSSR count). The van der Waals surface area contributed by atoms with E-state index in [9.17, 15) is 19.8 Å². The molecule has 0 fully saturated rings. The Morgan fingerprint density at radius 1 is 1.60 bits per heavy atom. The fraction of sp³-hybridized carbons (Fsp3) is 0.667. The molecule has 4 N–H and O–H groups in total. The van der Waals surface area contributed by atoms with Crippen molar-refractivity contribution in [3.8, 4) is 0 Å². The molecule has 0 saturated heterocycles. The zero-order valence-corrected chi connectivity index (χ0v) is 11.4. The van der Waals surface area contributed by atoms with Crippen LogP contribution in [0.4, 0.5) is 0 Å². The van der Waals surface area contributed by atoms with Crippen LogP contribution in [0.15, 0.2) is 11.6 Å². The van der Waals surface area contributed by atoms with Crippen LogP contribution in [0.5, 0.6) is 0 Å². The van der Waals surface area contributed by atoms with Gasteiger partial charge in [-0.1, -0.05) is 0 Å². The van der Waals surface area contributed by atoms with Gasteiger partial charge in [0.25, 0.3) is 0 Å². The first kappa shape index (κ1) is 16.6. The van der Waals surface area contributed by atoms with E-state index in [4.69, 9.17) is 5.11 Å². The monoisotopic (exact) mass is 288 g/mol. The number of esters is 1. The van der Waals surface area contributed by atoms with Crippen molar-refractivity contribution in [3.63, 3.8) is 0 Å². The number of β-amino-alcohol motifs (C(OH)–C–C–N with tert-alkyl or cyclic N) is 1. The minimum Gasteiger partial charge on any atom is -0.466 e. The molecule has 3 atom stereocenters. The van der Waals surface area contributed by atoms with Crippen molar-refractivity contribution >= 4 is 11.9 Å². The van der Waals surface area contributed by atoms with Gasteiger partial charge in [0.15, 0.2) is 0 Å². The highest BCUT2D eigenvalue weighted by atomic mass is 16.5. The summed E-state index contributed by atoms with van der Waals surface area (Å²) < 4.78 is 4.59. The normalized spacial score (nSPS) is 24.8. The molecule has 0 radical (unpaired) electrons. The smallest absolute Gasteiger partial charge is 0.334 e. The van der Waals surface area contributed by atoms with Gasteiger partial charge in [0, 0.05) is 25.6 Å². The minimum absolute atomic E-state index is 0.00710. The number of rotatable bonds is 5. The number of amides is 1. The predicted molar refractivity (Wildman–Crippen MR) is 68.4 cm³/mol. The lowest BCUT2D eigenvalue weighted by atomic mass is 10.0. The van der Waals surface area contributed by atoms with Gasteiger partial charge in [-0.15, -0.1) is 0 Å². The number of hydrogen-bond acceptors (Lipinski definition) is 7. The van der Waals surface area contributed by atoms with Crippen molar-refractivity contribution in [1.82, 2.24) is 10.2 Å². The molecule has 0 aromatic rings. The van der Waals surface area contributed by atoms with Crippen molar-refractivity contribution in [2.24, 2.45) is 0 Å². The summed E-state index contributed by atoms with van der Waals surface area (Å²) in [4.78, 5) is 24.2. The summed E-state index contributed by atoms with van der Waals surface area (Å²) in [6.45, 7) is 0.919. The molecule has 8 heteroatoms. The molecule has 1 amide bonds. The van der Waals surface area contributed by atoms with E-state index in [2.05, 4.69) is 10.1 Å². The molecule has 8 nitrogen and oxygen atoms in total. The van der Waals surface area contributed by atoms with Crippen molar-refractivity contribution in [3.05, 3.63) is 11.6 Å². The number of nitrogens with one attached hydrogen (secondary N) is 1.